The molecule has 0 saturated carbocycles. The van der Waals surface area contributed by atoms with E-state index < -0.39 is 23.1 Å². The number of aromatic carboxylic acids is 1. The molecule has 2 amide bonds. The number of carbonyl (C=O) groups is 4. The topological polar surface area (TPSA) is 122 Å². The molecule has 0 fully saturated rings. The van der Waals surface area contributed by atoms with Crippen LogP contribution in [-0.2, 0) is 22.4 Å². The normalized spacial score (nSPS) is 13.2. The molecule has 0 bridgehead atoms. The number of ether oxygens (including phenoxy) is 1. The molecule has 3 N–H and O–H groups in total. The minimum absolute atomic E-state index is 0.0486. The average molecular weight is 679 g/mol. The summed E-state index contributed by atoms with van der Waals surface area (Å²) >= 11 is 2.79. The van der Waals surface area contributed by atoms with Crippen LogP contribution in [0.4, 0.5) is 10.7 Å². The first-order valence-corrected chi connectivity index (χ1v) is 17.5. The summed E-state index contributed by atoms with van der Waals surface area (Å²) in [5.74, 6) is -2.25. The van der Waals surface area contributed by atoms with Crippen molar-refractivity contribution in [1.82, 2.24) is 0 Å². The number of thiophene rings is 1. The van der Waals surface area contributed by atoms with Crippen LogP contribution >= 0.6 is 23.1 Å². The minimum atomic E-state index is -1.11. The molecule has 5 aromatic rings. The fraction of sp³-hybridized carbons (Fsp3) is 0.211. The number of anilines is 2. The van der Waals surface area contributed by atoms with Gasteiger partial charge in [0.15, 0.2) is 0 Å². The number of carboxylic acids is 1. The number of nitrogens with one attached hydrogen (secondary N) is 2. The Bertz CT molecular complexity index is 2000. The van der Waals surface area contributed by atoms with Crippen molar-refractivity contribution in [3.8, 4) is 0 Å². The summed E-state index contributed by atoms with van der Waals surface area (Å²) in [6.07, 6.45) is 4.78. The van der Waals surface area contributed by atoms with Crippen molar-refractivity contribution in [3.05, 3.63) is 124 Å². The van der Waals surface area contributed by atoms with Crippen molar-refractivity contribution in [3.63, 3.8) is 0 Å². The number of hydrogen-bond donors (Lipinski definition) is 3. The quantitative estimate of drug-likeness (QED) is 0.0767. The van der Waals surface area contributed by atoms with E-state index in [1.807, 2.05) is 36.4 Å². The number of fused-ring (bicyclic) bond motifs is 2. The van der Waals surface area contributed by atoms with Gasteiger partial charge in [-0.05, 0) is 79.5 Å². The van der Waals surface area contributed by atoms with Crippen LogP contribution in [0.2, 0.25) is 0 Å². The van der Waals surface area contributed by atoms with Gasteiger partial charge < -0.3 is 20.5 Å². The van der Waals surface area contributed by atoms with E-state index in [1.54, 1.807) is 55.5 Å². The van der Waals surface area contributed by atoms with Crippen LogP contribution in [0.5, 0.6) is 0 Å². The fourth-order valence-electron chi connectivity index (χ4n) is 6.02. The second kappa shape index (κ2) is 14.9. The molecule has 4 aromatic carbocycles. The highest BCUT2D eigenvalue weighted by Gasteiger charge is 2.29. The van der Waals surface area contributed by atoms with E-state index in [-0.39, 0.29) is 23.6 Å². The van der Waals surface area contributed by atoms with Crippen LogP contribution < -0.4 is 10.6 Å². The lowest BCUT2D eigenvalue weighted by molar-refractivity contribution is -0.115. The molecule has 1 aromatic heterocycles. The third-order valence-corrected chi connectivity index (χ3v) is 10.7. The number of carbonyl (C=O) groups excluding carboxylic acids is 3. The Morgan fingerprint density at radius 3 is 2.33 bits per heavy atom. The van der Waals surface area contributed by atoms with Gasteiger partial charge in [0.25, 0.3) is 5.91 Å². The number of aryl methyl sites for hydroxylation is 1. The standard InChI is InChI=1S/C38H34N2O6S2/c1-2-46-38(45)32-27-18-7-4-8-21-30(27)48-36(32)40-35(42)33(24-12-5-3-6-13-24)47-26-17-11-16-25(22-26)39-34(41)28-19-9-14-23-15-10-20-29(31(23)28)37(43)44/h3,5-6,9-17,19-20,22,33H,2,4,7-8,18,21H2,1H3,(H,39,41)(H,40,42)(H,43,44). The predicted molar refractivity (Wildman–Crippen MR) is 191 cm³/mol. The number of rotatable bonds is 10. The maximum atomic E-state index is 14.1. The number of carboxylic acid groups (broad SMARTS) is 1. The first-order chi connectivity index (χ1) is 23.3. The highest BCUT2D eigenvalue weighted by atomic mass is 32.2. The highest BCUT2D eigenvalue weighted by Crippen LogP contribution is 2.41. The van der Waals surface area contributed by atoms with Crippen LogP contribution in [0, 0.1) is 0 Å². The first-order valence-electron chi connectivity index (χ1n) is 15.8. The predicted octanol–water partition coefficient (Wildman–Crippen LogP) is 8.77. The van der Waals surface area contributed by atoms with E-state index in [4.69, 9.17) is 4.74 Å². The zero-order valence-corrected chi connectivity index (χ0v) is 27.9. The lowest BCUT2D eigenvalue weighted by Gasteiger charge is -2.18. The van der Waals surface area contributed by atoms with Crippen molar-refractivity contribution in [1.29, 1.82) is 0 Å². The Labute approximate surface area is 286 Å². The van der Waals surface area contributed by atoms with Gasteiger partial charge in [-0.15, -0.1) is 23.1 Å². The zero-order chi connectivity index (χ0) is 33.6. The maximum absolute atomic E-state index is 14.1. The third kappa shape index (κ3) is 7.14. The molecule has 6 rings (SSSR count). The molecule has 10 heteroatoms. The molecule has 1 aliphatic rings. The van der Waals surface area contributed by atoms with Crippen LogP contribution in [-0.4, -0.2) is 35.5 Å². The van der Waals surface area contributed by atoms with E-state index in [0.717, 1.165) is 53.0 Å². The van der Waals surface area contributed by atoms with Gasteiger partial charge in [-0.25, -0.2) is 9.59 Å². The molecule has 8 nitrogen and oxygen atoms in total. The number of hydrogen-bond acceptors (Lipinski definition) is 7. The van der Waals surface area contributed by atoms with Crippen LogP contribution in [0.3, 0.4) is 0 Å². The number of thioether (sulfide) groups is 1. The molecular formula is C38H34N2O6S2. The van der Waals surface area contributed by atoms with E-state index in [1.165, 1.54) is 29.2 Å². The van der Waals surface area contributed by atoms with Gasteiger partial charge in [0.2, 0.25) is 5.91 Å². The van der Waals surface area contributed by atoms with Gasteiger partial charge in [-0.1, -0.05) is 67.1 Å². The fourth-order valence-corrected chi connectivity index (χ4v) is 8.38. The Morgan fingerprint density at radius 1 is 0.854 bits per heavy atom. The average Bonchev–Trinajstić information content (AvgIpc) is 3.26. The van der Waals surface area contributed by atoms with Crippen molar-refractivity contribution >= 4 is 68.3 Å². The molecule has 1 atom stereocenters. The van der Waals surface area contributed by atoms with Crippen molar-refractivity contribution in [2.45, 2.75) is 49.2 Å². The molecule has 1 aliphatic carbocycles. The summed E-state index contributed by atoms with van der Waals surface area (Å²) in [5.41, 5.74) is 3.02. The smallest absolute Gasteiger partial charge is 0.341 e. The summed E-state index contributed by atoms with van der Waals surface area (Å²) in [5, 5.41) is 16.6. The number of esters is 1. The summed E-state index contributed by atoms with van der Waals surface area (Å²) in [6, 6.07) is 26.6. The monoisotopic (exact) mass is 678 g/mol. The van der Waals surface area contributed by atoms with Crippen molar-refractivity contribution < 1.29 is 29.0 Å². The van der Waals surface area contributed by atoms with E-state index in [9.17, 15) is 24.3 Å². The summed E-state index contributed by atoms with van der Waals surface area (Å²) in [7, 11) is 0. The third-order valence-electron chi connectivity index (χ3n) is 8.20. The van der Waals surface area contributed by atoms with Gasteiger partial charge >= 0.3 is 11.9 Å². The van der Waals surface area contributed by atoms with Crippen LogP contribution in [0.25, 0.3) is 10.8 Å². The Kier molecular flexibility index (Phi) is 10.2. The Morgan fingerprint density at radius 2 is 1.58 bits per heavy atom. The summed E-state index contributed by atoms with van der Waals surface area (Å²) in [4.78, 5) is 54.5. The van der Waals surface area contributed by atoms with Gasteiger partial charge in [0.05, 0.1) is 17.7 Å². The summed E-state index contributed by atoms with van der Waals surface area (Å²) in [6.45, 7) is 2.02. The SMILES string of the molecule is CCOC(=O)c1c(NC(=O)C(Sc2cccc(NC(=O)c3cccc4cccc(C(=O)O)c34)c2)c2ccccc2)sc2c1CCCCC2. The molecule has 0 aliphatic heterocycles. The van der Waals surface area contributed by atoms with Crippen molar-refractivity contribution in [2.24, 2.45) is 0 Å². The molecule has 1 heterocycles. The van der Waals surface area contributed by atoms with Gasteiger partial charge in [-0.2, -0.15) is 0 Å². The minimum Gasteiger partial charge on any atom is -0.478 e. The number of benzene rings is 4. The van der Waals surface area contributed by atoms with Gasteiger partial charge in [0.1, 0.15) is 10.3 Å². The largest absolute Gasteiger partial charge is 0.478 e. The van der Waals surface area contributed by atoms with E-state index >= 15 is 0 Å². The molecule has 0 spiro atoms. The highest BCUT2D eigenvalue weighted by molar-refractivity contribution is 8.00. The van der Waals surface area contributed by atoms with Gasteiger partial charge in [-0.3, -0.25) is 9.59 Å². The molecular weight excluding hydrogens is 645 g/mol. The van der Waals surface area contributed by atoms with E-state index in [0.29, 0.717) is 27.0 Å². The van der Waals surface area contributed by atoms with Gasteiger partial charge in [0, 0.05) is 26.4 Å². The van der Waals surface area contributed by atoms with Crippen LogP contribution in [0.1, 0.15) is 78.5 Å². The lowest BCUT2D eigenvalue weighted by Crippen LogP contribution is -2.20. The van der Waals surface area contributed by atoms with Crippen molar-refractivity contribution in [2.75, 3.05) is 17.2 Å². The first kappa shape index (κ1) is 33.0. The number of amides is 2. The Balaban J connectivity index is 1.28. The second-order valence-electron chi connectivity index (χ2n) is 11.4. The molecule has 244 valence electrons. The molecule has 0 radical (unpaired) electrons. The lowest BCUT2D eigenvalue weighted by atomic mass is 9.98. The molecule has 0 saturated heterocycles. The maximum Gasteiger partial charge on any atom is 0.341 e. The second-order valence-corrected chi connectivity index (χ2v) is 13.7. The van der Waals surface area contributed by atoms with E-state index in [2.05, 4.69) is 10.6 Å². The Hall–Kier alpha value is -4.93. The summed E-state index contributed by atoms with van der Waals surface area (Å²) < 4.78 is 5.42. The van der Waals surface area contributed by atoms with Crippen LogP contribution in [0.15, 0.2) is 95.9 Å². The zero-order valence-electron chi connectivity index (χ0n) is 26.3. The molecule has 48 heavy (non-hydrogen) atoms. The molecule has 1 unspecified atom stereocenters.